The average Bonchev–Trinajstić information content (AvgIpc) is 2.30. The third kappa shape index (κ3) is 4.01. The van der Waals surface area contributed by atoms with E-state index in [1.165, 1.54) is 0 Å². The molecule has 0 amide bonds. The molecule has 0 bridgehead atoms. The molecule has 0 heterocycles. The first-order valence-electron chi connectivity index (χ1n) is 6.15. The van der Waals surface area contributed by atoms with Gasteiger partial charge in [0.25, 0.3) is 0 Å². The molecule has 1 unspecified atom stereocenters. The Morgan fingerprint density at radius 3 is 2.56 bits per heavy atom. The van der Waals surface area contributed by atoms with E-state index in [9.17, 15) is 10.2 Å². The molecule has 0 saturated heterocycles. The van der Waals surface area contributed by atoms with Crippen LogP contribution in [0.5, 0.6) is 0 Å². The minimum Gasteiger partial charge on any atom is -0.394 e. The first kappa shape index (κ1) is 13.9. The standard InChI is InChI=1S/C12H25NO3/c1-10-3-5-12(9-14,6-4-10)13-7-11(15)8-16-2/h10-11,13-15H,3-9H2,1-2H3. The van der Waals surface area contributed by atoms with Gasteiger partial charge in [0.2, 0.25) is 0 Å². The van der Waals surface area contributed by atoms with Crippen molar-refractivity contribution in [3.63, 3.8) is 0 Å². The minimum absolute atomic E-state index is 0.152. The maximum absolute atomic E-state index is 9.57. The molecule has 96 valence electrons. The topological polar surface area (TPSA) is 61.7 Å². The summed E-state index contributed by atoms with van der Waals surface area (Å²) < 4.78 is 4.87. The Bertz CT molecular complexity index is 191. The highest BCUT2D eigenvalue weighted by molar-refractivity contribution is 4.92. The van der Waals surface area contributed by atoms with Crippen molar-refractivity contribution in [1.29, 1.82) is 0 Å². The zero-order chi connectivity index (χ0) is 12.0. The van der Waals surface area contributed by atoms with Crippen molar-refractivity contribution in [1.82, 2.24) is 5.32 Å². The SMILES string of the molecule is COCC(O)CNC1(CO)CCC(C)CC1. The first-order chi connectivity index (χ1) is 7.62. The van der Waals surface area contributed by atoms with Gasteiger partial charge in [0.05, 0.1) is 19.3 Å². The fourth-order valence-electron chi connectivity index (χ4n) is 2.29. The van der Waals surface area contributed by atoms with Crippen molar-refractivity contribution in [2.75, 3.05) is 26.9 Å². The third-order valence-electron chi connectivity index (χ3n) is 3.61. The van der Waals surface area contributed by atoms with Gasteiger partial charge in [-0.1, -0.05) is 6.92 Å². The number of aliphatic hydroxyl groups excluding tert-OH is 2. The molecule has 3 N–H and O–H groups in total. The number of rotatable bonds is 6. The van der Waals surface area contributed by atoms with Crippen LogP contribution in [0.25, 0.3) is 0 Å². The molecule has 1 fully saturated rings. The van der Waals surface area contributed by atoms with Crippen LogP contribution in [0.4, 0.5) is 0 Å². The van der Waals surface area contributed by atoms with Gasteiger partial charge in [0, 0.05) is 19.2 Å². The molecule has 1 aliphatic carbocycles. The van der Waals surface area contributed by atoms with Crippen LogP contribution in [0, 0.1) is 5.92 Å². The average molecular weight is 231 g/mol. The second-order valence-corrected chi connectivity index (χ2v) is 5.11. The fraction of sp³-hybridized carbons (Fsp3) is 1.00. The predicted molar refractivity (Wildman–Crippen MR) is 63.3 cm³/mol. The molecule has 4 nitrogen and oxygen atoms in total. The number of hydrogen-bond acceptors (Lipinski definition) is 4. The van der Waals surface area contributed by atoms with Crippen molar-refractivity contribution in [3.8, 4) is 0 Å². The molecular formula is C12H25NO3. The van der Waals surface area contributed by atoms with E-state index < -0.39 is 6.10 Å². The molecule has 0 aromatic heterocycles. The number of aliphatic hydroxyl groups is 2. The lowest BCUT2D eigenvalue weighted by Crippen LogP contribution is -2.53. The van der Waals surface area contributed by atoms with E-state index in [1.54, 1.807) is 7.11 Å². The van der Waals surface area contributed by atoms with Gasteiger partial charge >= 0.3 is 0 Å². The van der Waals surface area contributed by atoms with Crippen molar-refractivity contribution < 1.29 is 14.9 Å². The number of methoxy groups -OCH3 is 1. The number of nitrogens with one attached hydrogen (secondary N) is 1. The summed E-state index contributed by atoms with van der Waals surface area (Å²) in [7, 11) is 1.58. The lowest BCUT2D eigenvalue weighted by molar-refractivity contribution is 0.0430. The Labute approximate surface area is 98.0 Å². The van der Waals surface area contributed by atoms with Gasteiger partial charge in [-0.25, -0.2) is 0 Å². The highest BCUT2D eigenvalue weighted by atomic mass is 16.5. The largest absolute Gasteiger partial charge is 0.394 e. The Kier molecular flexibility index (Phi) is 5.69. The maximum Gasteiger partial charge on any atom is 0.0897 e. The molecular weight excluding hydrogens is 206 g/mol. The van der Waals surface area contributed by atoms with Crippen LogP contribution in [-0.4, -0.2) is 48.7 Å². The number of hydrogen-bond donors (Lipinski definition) is 3. The van der Waals surface area contributed by atoms with E-state index in [0.717, 1.165) is 31.6 Å². The van der Waals surface area contributed by atoms with E-state index in [1.807, 2.05) is 0 Å². The molecule has 1 rings (SSSR count). The summed E-state index contributed by atoms with van der Waals surface area (Å²) >= 11 is 0. The quantitative estimate of drug-likeness (QED) is 0.624. The minimum atomic E-state index is -0.493. The van der Waals surface area contributed by atoms with Crippen LogP contribution >= 0.6 is 0 Å². The van der Waals surface area contributed by atoms with Crippen molar-refractivity contribution in [2.45, 2.75) is 44.2 Å². The Morgan fingerprint density at radius 2 is 2.06 bits per heavy atom. The zero-order valence-corrected chi connectivity index (χ0v) is 10.4. The molecule has 1 saturated carbocycles. The van der Waals surface area contributed by atoms with Gasteiger partial charge in [-0.3, -0.25) is 0 Å². The predicted octanol–water partition coefficient (Wildman–Crippen LogP) is 0.524. The van der Waals surface area contributed by atoms with E-state index in [-0.39, 0.29) is 12.1 Å². The number of ether oxygens (including phenoxy) is 1. The zero-order valence-electron chi connectivity index (χ0n) is 10.4. The summed E-state index contributed by atoms with van der Waals surface area (Å²) in [6.45, 7) is 3.23. The number of β-amino-alcohol motifs (C(OH)–C–C–N with tert-alkyl or cyclic N) is 1. The second kappa shape index (κ2) is 6.55. The van der Waals surface area contributed by atoms with Crippen molar-refractivity contribution in [3.05, 3.63) is 0 Å². The highest BCUT2D eigenvalue weighted by Gasteiger charge is 2.33. The molecule has 0 radical (unpaired) electrons. The van der Waals surface area contributed by atoms with E-state index in [0.29, 0.717) is 13.2 Å². The Hall–Kier alpha value is -0.160. The summed E-state index contributed by atoms with van der Waals surface area (Å²) in [5.41, 5.74) is -0.179. The first-order valence-corrected chi connectivity index (χ1v) is 6.15. The Morgan fingerprint density at radius 1 is 1.44 bits per heavy atom. The molecule has 1 aliphatic rings. The normalized spacial score (nSPS) is 32.6. The third-order valence-corrected chi connectivity index (χ3v) is 3.61. The second-order valence-electron chi connectivity index (χ2n) is 5.11. The van der Waals surface area contributed by atoms with E-state index in [2.05, 4.69) is 12.2 Å². The molecule has 0 aromatic carbocycles. The molecule has 0 aromatic rings. The van der Waals surface area contributed by atoms with Gasteiger partial charge in [0.15, 0.2) is 0 Å². The lowest BCUT2D eigenvalue weighted by Gasteiger charge is -2.39. The van der Waals surface area contributed by atoms with Gasteiger partial charge in [-0.15, -0.1) is 0 Å². The monoisotopic (exact) mass is 231 g/mol. The molecule has 4 heteroatoms. The summed E-state index contributed by atoms with van der Waals surface area (Å²) in [6, 6.07) is 0. The molecule has 0 aliphatic heterocycles. The summed E-state index contributed by atoms with van der Waals surface area (Å²) in [4.78, 5) is 0. The smallest absolute Gasteiger partial charge is 0.0897 e. The van der Waals surface area contributed by atoms with Gasteiger partial charge in [0.1, 0.15) is 0 Å². The fourth-order valence-corrected chi connectivity index (χ4v) is 2.29. The van der Waals surface area contributed by atoms with Crippen LogP contribution in [0.15, 0.2) is 0 Å². The highest BCUT2D eigenvalue weighted by Crippen LogP contribution is 2.31. The van der Waals surface area contributed by atoms with Crippen LogP contribution in [-0.2, 0) is 4.74 Å². The van der Waals surface area contributed by atoms with Crippen LogP contribution < -0.4 is 5.32 Å². The molecule has 16 heavy (non-hydrogen) atoms. The van der Waals surface area contributed by atoms with Crippen molar-refractivity contribution in [2.24, 2.45) is 5.92 Å². The van der Waals surface area contributed by atoms with Crippen LogP contribution in [0.3, 0.4) is 0 Å². The summed E-state index contributed by atoms with van der Waals surface area (Å²) in [5.74, 6) is 0.755. The van der Waals surface area contributed by atoms with E-state index in [4.69, 9.17) is 4.74 Å². The van der Waals surface area contributed by atoms with Gasteiger partial charge < -0.3 is 20.3 Å². The van der Waals surface area contributed by atoms with E-state index >= 15 is 0 Å². The van der Waals surface area contributed by atoms with Crippen LogP contribution in [0.2, 0.25) is 0 Å². The maximum atomic E-state index is 9.57. The van der Waals surface area contributed by atoms with Crippen molar-refractivity contribution >= 4 is 0 Å². The molecule has 0 spiro atoms. The van der Waals surface area contributed by atoms with Crippen LogP contribution in [0.1, 0.15) is 32.6 Å². The summed E-state index contributed by atoms with van der Waals surface area (Å²) in [6.07, 6.45) is 3.78. The lowest BCUT2D eigenvalue weighted by atomic mass is 9.77. The molecule has 1 atom stereocenters. The van der Waals surface area contributed by atoms with Gasteiger partial charge in [-0.05, 0) is 31.6 Å². The Balaban J connectivity index is 2.36. The summed E-state index contributed by atoms with van der Waals surface area (Å²) in [5, 5.41) is 22.4. The van der Waals surface area contributed by atoms with Gasteiger partial charge in [-0.2, -0.15) is 0 Å².